The lowest BCUT2D eigenvalue weighted by atomic mass is 10.0. The number of alkyl halides is 1. The van der Waals surface area contributed by atoms with Crippen LogP contribution in [0.25, 0.3) is 0 Å². The summed E-state index contributed by atoms with van der Waals surface area (Å²) in [5, 5.41) is 3.00. The van der Waals surface area contributed by atoms with Gasteiger partial charge in [-0.1, -0.05) is 0 Å². The molecule has 0 aliphatic carbocycles. The van der Waals surface area contributed by atoms with Gasteiger partial charge in [-0.25, -0.2) is 4.39 Å². The first-order chi connectivity index (χ1) is 9.19. The summed E-state index contributed by atoms with van der Waals surface area (Å²) < 4.78 is 12.8. The van der Waals surface area contributed by atoms with Gasteiger partial charge in [0.1, 0.15) is 5.82 Å². The van der Waals surface area contributed by atoms with Gasteiger partial charge in [0.15, 0.2) is 0 Å². The molecule has 19 heavy (non-hydrogen) atoms. The number of hydrogen-bond acceptors (Lipinski definition) is 2. The fourth-order valence-corrected chi connectivity index (χ4v) is 2.53. The van der Waals surface area contributed by atoms with Gasteiger partial charge in [0.25, 0.3) is 5.91 Å². The molecule has 1 heterocycles. The summed E-state index contributed by atoms with van der Waals surface area (Å²) in [5.41, 5.74) is 0.504. The van der Waals surface area contributed by atoms with Gasteiger partial charge in [-0.15, -0.1) is 11.6 Å². The molecule has 0 saturated carbocycles. The van der Waals surface area contributed by atoms with Gasteiger partial charge >= 0.3 is 0 Å². The Hall–Kier alpha value is -1.13. The number of carbonyl (C=O) groups is 1. The van der Waals surface area contributed by atoms with E-state index in [2.05, 4.69) is 10.2 Å². The molecule has 5 heteroatoms. The van der Waals surface area contributed by atoms with E-state index in [1.807, 2.05) is 0 Å². The number of halogens is 2. The fourth-order valence-electron chi connectivity index (χ4n) is 2.29. The molecule has 3 nitrogen and oxygen atoms in total. The molecule has 1 saturated heterocycles. The number of nitrogens with zero attached hydrogens (tertiary/aromatic N) is 1. The Morgan fingerprint density at radius 2 is 1.95 bits per heavy atom. The highest BCUT2D eigenvalue weighted by molar-refractivity contribution is 6.18. The Kier molecular flexibility index (Phi) is 5.16. The molecule has 1 N–H and O–H groups in total. The van der Waals surface area contributed by atoms with Gasteiger partial charge in [-0.3, -0.25) is 4.79 Å². The second-order valence-electron chi connectivity index (χ2n) is 4.79. The number of piperidine rings is 1. The summed E-state index contributed by atoms with van der Waals surface area (Å²) in [6.45, 7) is 2.82. The number of likely N-dealkylation sites (tertiary alicyclic amines) is 1. The van der Waals surface area contributed by atoms with Crippen molar-refractivity contribution in [1.29, 1.82) is 0 Å². The van der Waals surface area contributed by atoms with Crippen LogP contribution in [0, 0.1) is 5.82 Å². The predicted molar refractivity (Wildman–Crippen MR) is 74.0 cm³/mol. The molecule has 0 radical (unpaired) electrons. The third-order valence-corrected chi connectivity index (χ3v) is 3.60. The van der Waals surface area contributed by atoms with Crippen molar-refractivity contribution >= 4 is 17.5 Å². The molecule has 104 valence electrons. The first-order valence-electron chi connectivity index (χ1n) is 6.54. The van der Waals surface area contributed by atoms with Gasteiger partial charge in [0, 0.05) is 37.1 Å². The van der Waals surface area contributed by atoms with Crippen LogP contribution in [0.4, 0.5) is 4.39 Å². The zero-order valence-electron chi connectivity index (χ0n) is 10.7. The summed E-state index contributed by atoms with van der Waals surface area (Å²) in [7, 11) is 0. The van der Waals surface area contributed by atoms with Crippen molar-refractivity contribution < 1.29 is 9.18 Å². The molecule has 1 fully saturated rings. The molecule has 0 atom stereocenters. The van der Waals surface area contributed by atoms with Crippen molar-refractivity contribution in [2.45, 2.75) is 18.9 Å². The molecule has 0 spiro atoms. The summed E-state index contributed by atoms with van der Waals surface area (Å²) >= 11 is 5.71. The van der Waals surface area contributed by atoms with E-state index in [0.717, 1.165) is 32.5 Å². The minimum absolute atomic E-state index is 0.129. The smallest absolute Gasteiger partial charge is 0.251 e. The zero-order chi connectivity index (χ0) is 13.7. The van der Waals surface area contributed by atoms with E-state index in [1.54, 1.807) is 0 Å². The molecule has 1 aliphatic heterocycles. The normalized spacial score (nSPS) is 17.4. The molecule has 2 rings (SSSR count). The summed E-state index contributed by atoms with van der Waals surface area (Å²) in [4.78, 5) is 14.3. The number of nitrogens with one attached hydrogen (secondary N) is 1. The van der Waals surface area contributed by atoms with Crippen LogP contribution in [0.5, 0.6) is 0 Å². The lowest BCUT2D eigenvalue weighted by Crippen LogP contribution is -2.45. The topological polar surface area (TPSA) is 32.3 Å². The quantitative estimate of drug-likeness (QED) is 0.860. The monoisotopic (exact) mass is 284 g/mol. The van der Waals surface area contributed by atoms with Crippen LogP contribution in [0.3, 0.4) is 0 Å². The minimum Gasteiger partial charge on any atom is -0.349 e. The SMILES string of the molecule is O=C(NC1CCN(CCCl)CC1)c1ccc(F)cc1. The first-order valence-corrected chi connectivity index (χ1v) is 7.07. The maximum Gasteiger partial charge on any atom is 0.251 e. The van der Waals surface area contributed by atoms with Gasteiger partial charge in [0.05, 0.1) is 0 Å². The van der Waals surface area contributed by atoms with Crippen molar-refractivity contribution in [2.75, 3.05) is 25.5 Å². The van der Waals surface area contributed by atoms with E-state index in [4.69, 9.17) is 11.6 Å². The van der Waals surface area contributed by atoms with Crippen LogP contribution in [-0.2, 0) is 0 Å². The Morgan fingerprint density at radius 3 is 2.53 bits per heavy atom. The highest BCUT2D eigenvalue weighted by Gasteiger charge is 2.20. The number of rotatable bonds is 4. The van der Waals surface area contributed by atoms with E-state index >= 15 is 0 Å². The maximum absolute atomic E-state index is 12.8. The van der Waals surface area contributed by atoms with Crippen molar-refractivity contribution in [3.8, 4) is 0 Å². The fraction of sp³-hybridized carbons (Fsp3) is 0.500. The van der Waals surface area contributed by atoms with Crippen LogP contribution in [0.1, 0.15) is 23.2 Å². The van der Waals surface area contributed by atoms with Gasteiger partial charge in [-0.05, 0) is 37.1 Å². The van der Waals surface area contributed by atoms with Gasteiger partial charge in [0.2, 0.25) is 0 Å². The average Bonchev–Trinajstić information content (AvgIpc) is 2.42. The van der Waals surface area contributed by atoms with E-state index in [9.17, 15) is 9.18 Å². The molecule has 1 aromatic carbocycles. The van der Waals surface area contributed by atoms with E-state index in [0.29, 0.717) is 11.4 Å². The number of carbonyl (C=O) groups excluding carboxylic acids is 1. The van der Waals surface area contributed by atoms with E-state index in [-0.39, 0.29) is 17.8 Å². The molecule has 1 aliphatic rings. The Balaban J connectivity index is 1.82. The Morgan fingerprint density at radius 1 is 1.32 bits per heavy atom. The van der Waals surface area contributed by atoms with E-state index in [1.165, 1.54) is 24.3 Å². The second-order valence-corrected chi connectivity index (χ2v) is 5.16. The summed E-state index contributed by atoms with van der Waals surface area (Å²) in [6.07, 6.45) is 1.87. The third-order valence-electron chi connectivity index (χ3n) is 3.43. The molecular formula is C14H18ClFN2O. The summed E-state index contributed by atoms with van der Waals surface area (Å²) in [5.74, 6) is 0.189. The number of benzene rings is 1. The molecule has 1 amide bonds. The molecule has 1 aromatic rings. The number of hydrogen-bond donors (Lipinski definition) is 1. The van der Waals surface area contributed by atoms with Crippen LogP contribution >= 0.6 is 11.6 Å². The Labute approximate surface area is 117 Å². The minimum atomic E-state index is -0.328. The molecule has 0 bridgehead atoms. The van der Waals surface area contributed by atoms with Crippen molar-refractivity contribution in [3.05, 3.63) is 35.6 Å². The van der Waals surface area contributed by atoms with Crippen LogP contribution in [0.2, 0.25) is 0 Å². The first kappa shape index (κ1) is 14.3. The molecule has 0 aromatic heterocycles. The highest BCUT2D eigenvalue weighted by Crippen LogP contribution is 2.11. The maximum atomic E-state index is 12.8. The standard InChI is InChI=1S/C14H18ClFN2O/c15-7-10-18-8-5-13(6-9-18)17-14(19)11-1-3-12(16)4-2-11/h1-4,13H,5-10H2,(H,17,19). The highest BCUT2D eigenvalue weighted by atomic mass is 35.5. The van der Waals surface area contributed by atoms with Crippen molar-refractivity contribution in [3.63, 3.8) is 0 Å². The Bertz CT molecular complexity index is 416. The van der Waals surface area contributed by atoms with E-state index < -0.39 is 0 Å². The average molecular weight is 285 g/mol. The van der Waals surface area contributed by atoms with Gasteiger partial charge in [-0.2, -0.15) is 0 Å². The van der Waals surface area contributed by atoms with Crippen molar-refractivity contribution in [2.24, 2.45) is 0 Å². The summed E-state index contributed by atoms with van der Waals surface area (Å²) in [6, 6.07) is 5.82. The number of amides is 1. The lowest BCUT2D eigenvalue weighted by molar-refractivity contribution is 0.0913. The van der Waals surface area contributed by atoms with Crippen LogP contribution < -0.4 is 5.32 Å². The second kappa shape index (κ2) is 6.87. The largest absolute Gasteiger partial charge is 0.349 e. The lowest BCUT2D eigenvalue weighted by Gasteiger charge is -2.31. The predicted octanol–water partition coefficient (Wildman–Crippen LogP) is 2.26. The molecule has 0 unspecified atom stereocenters. The van der Waals surface area contributed by atoms with Crippen molar-refractivity contribution in [1.82, 2.24) is 10.2 Å². The van der Waals surface area contributed by atoms with Gasteiger partial charge < -0.3 is 10.2 Å². The molecular weight excluding hydrogens is 267 g/mol. The third kappa shape index (κ3) is 4.18. The van der Waals surface area contributed by atoms with Crippen LogP contribution in [0.15, 0.2) is 24.3 Å². The van der Waals surface area contributed by atoms with Crippen LogP contribution in [-0.4, -0.2) is 42.4 Å². The zero-order valence-corrected chi connectivity index (χ0v) is 11.5.